The lowest BCUT2D eigenvalue weighted by Crippen LogP contribution is -2.59. The molecule has 0 N–H and O–H groups in total. The fourth-order valence-corrected chi connectivity index (χ4v) is 13.5. The molecule has 3 aliphatic heterocycles. The Hall–Kier alpha value is -2.30. The van der Waals surface area contributed by atoms with Crippen molar-refractivity contribution in [3.8, 4) is 10.6 Å². The van der Waals surface area contributed by atoms with Gasteiger partial charge in [-0.3, -0.25) is 9.59 Å². The summed E-state index contributed by atoms with van der Waals surface area (Å²) in [5.41, 5.74) is 2.59. The number of benzene rings is 1. The molecule has 342 valence electrons. The predicted molar refractivity (Wildman–Crippen MR) is 236 cm³/mol. The van der Waals surface area contributed by atoms with Gasteiger partial charge in [0.15, 0.2) is 18.4 Å². The number of cyclic esters (lactones) is 1. The van der Waals surface area contributed by atoms with Crippen LogP contribution in [-0.2, 0) is 47.5 Å². The summed E-state index contributed by atoms with van der Waals surface area (Å²) in [7, 11) is 9.13. The van der Waals surface area contributed by atoms with Crippen LogP contribution >= 0.6 is 22.9 Å². The molecule has 4 fully saturated rings. The minimum atomic E-state index is -0.677. The molecule has 0 bridgehead atoms. The van der Waals surface area contributed by atoms with Crippen molar-refractivity contribution in [2.24, 2.45) is 23.7 Å². The van der Waals surface area contributed by atoms with E-state index in [2.05, 4.69) is 38.9 Å². The van der Waals surface area contributed by atoms with E-state index < -0.39 is 24.6 Å². The fourth-order valence-electron chi connectivity index (χ4n) is 11.8. The van der Waals surface area contributed by atoms with Crippen molar-refractivity contribution < 1.29 is 47.5 Å². The third-order valence-corrected chi connectivity index (χ3v) is 16.5. The molecule has 62 heavy (non-hydrogen) atoms. The first-order valence-corrected chi connectivity index (χ1v) is 24.1. The van der Waals surface area contributed by atoms with Crippen molar-refractivity contribution in [3.05, 3.63) is 51.5 Å². The van der Waals surface area contributed by atoms with Crippen LogP contribution < -0.4 is 0 Å². The first-order valence-electron chi connectivity index (χ1n) is 22.9. The van der Waals surface area contributed by atoms with Crippen LogP contribution in [0.5, 0.6) is 0 Å². The van der Waals surface area contributed by atoms with Crippen LogP contribution in [0.2, 0.25) is 5.02 Å². The summed E-state index contributed by atoms with van der Waals surface area (Å²) < 4.78 is 50.5. The predicted octanol–water partition coefficient (Wildman–Crippen LogP) is 8.34. The SMILES string of the molecule is CC[C@H]1CCC[C@H](O[C@H]2CC[C@H](N(C)C)C(C)O2)[C@@H](C)C(=O)C2=C[C@H]3[C@@H]4C[C@H](O[C@@H]5OC(C)[C@H](OC)C(OC)C5OC)C[C@H]4c4nc(-c5ccccc5Cl)sc4[C@H]3[C@@H]2CC(=O)O1. The van der Waals surface area contributed by atoms with Crippen LogP contribution in [-0.4, -0.2) is 125 Å². The zero-order valence-electron chi connectivity index (χ0n) is 37.8. The lowest BCUT2D eigenvalue weighted by Gasteiger charge is -2.44. The van der Waals surface area contributed by atoms with Crippen LogP contribution in [0.4, 0.5) is 0 Å². The summed E-state index contributed by atoms with van der Waals surface area (Å²) in [5, 5.41) is 1.47. The average molecular weight is 900 g/mol. The van der Waals surface area contributed by atoms with Crippen LogP contribution in [0.25, 0.3) is 10.6 Å². The number of ketones is 1. The molecule has 0 spiro atoms. The molecular formula is C48H67ClN2O10S. The summed E-state index contributed by atoms with van der Waals surface area (Å²) in [5.74, 6) is -1.09. The molecule has 1 aromatic carbocycles. The summed E-state index contributed by atoms with van der Waals surface area (Å²) in [6.07, 6.45) is 5.04. The van der Waals surface area contributed by atoms with Gasteiger partial charge in [-0.1, -0.05) is 49.7 Å². The Balaban J connectivity index is 1.15. The van der Waals surface area contributed by atoms with Gasteiger partial charge in [0.05, 0.1) is 41.6 Å². The van der Waals surface area contributed by atoms with Gasteiger partial charge in [0.2, 0.25) is 0 Å². The monoisotopic (exact) mass is 898 g/mol. The number of hydrogen-bond acceptors (Lipinski definition) is 13. The molecule has 1 aromatic heterocycles. The van der Waals surface area contributed by atoms with Crippen LogP contribution in [0, 0.1) is 23.7 Å². The number of allylic oxidation sites excluding steroid dienone is 2. The number of Topliss-reactive ketones (excluding diaryl/α,β-unsaturated/α-hetero) is 1. The Bertz CT molecular complexity index is 1930. The van der Waals surface area contributed by atoms with E-state index in [1.54, 1.807) is 32.7 Å². The molecule has 17 atom stereocenters. The quantitative estimate of drug-likeness (QED) is 0.213. The van der Waals surface area contributed by atoms with Gasteiger partial charge in [-0.25, -0.2) is 4.98 Å². The first-order chi connectivity index (χ1) is 29.8. The highest BCUT2D eigenvalue weighted by molar-refractivity contribution is 7.15. The third kappa shape index (κ3) is 8.98. The molecule has 2 aromatic rings. The number of ether oxygens (including phenoxy) is 8. The summed E-state index contributed by atoms with van der Waals surface area (Å²) in [6.45, 7) is 8.15. The maximum absolute atomic E-state index is 15.2. The second-order valence-corrected chi connectivity index (χ2v) is 20.2. The lowest BCUT2D eigenvalue weighted by atomic mass is 9.67. The Morgan fingerprint density at radius 3 is 2.34 bits per heavy atom. The van der Waals surface area contributed by atoms with Crippen LogP contribution in [0.15, 0.2) is 35.9 Å². The van der Waals surface area contributed by atoms with Gasteiger partial charge in [-0.15, -0.1) is 11.3 Å². The molecule has 12 nitrogen and oxygen atoms in total. The number of halogens is 1. The standard InChI is InChI=1S/C48H67ClN2O10S/c1-10-27-14-13-17-37(61-39-19-18-36(51(5)6)25(3)57-39)24(2)42(53)34-22-31-30-20-28(60-48-45(56-9)44(55-8)43(54-7)26(4)58-48)21-33(30)41-46(40(31)32(34)23-38(52)59-27)62-47(50-41)29-15-11-12-16-35(29)49/h11-12,15-16,22,24-28,30-33,36-37,39-40,43-45,48H,10,13-14,17-21,23H2,1-9H3/t24-,25?,26?,27+,28+,30+,31+,32-,33-,36+,37+,39+,40-,43+,44?,45?,48+/m1/s1. The van der Waals surface area contributed by atoms with E-state index in [-0.39, 0.29) is 90.5 Å². The summed E-state index contributed by atoms with van der Waals surface area (Å²) in [6, 6.07) is 8.11. The van der Waals surface area contributed by atoms with Crippen molar-refractivity contribution in [1.82, 2.24) is 9.88 Å². The van der Waals surface area contributed by atoms with Crippen LogP contribution in [0.3, 0.4) is 0 Å². The topological polar surface area (TPSA) is 124 Å². The van der Waals surface area contributed by atoms with E-state index in [1.165, 1.54) is 0 Å². The van der Waals surface area contributed by atoms with Gasteiger partial charge >= 0.3 is 5.97 Å². The van der Waals surface area contributed by atoms with Crippen molar-refractivity contribution in [2.45, 2.75) is 165 Å². The Morgan fingerprint density at radius 2 is 1.65 bits per heavy atom. The number of methoxy groups -OCH3 is 3. The molecule has 8 rings (SSSR count). The second kappa shape index (κ2) is 19.7. The Kier molecular flexibility index (Phi) is 14.7. The highest BCUT2D eigenvalue weighted by Crippen LogP contribution is 2.63. The number of thiazole rings is 1. The number of carbonyl (C=O) groups excluding carboxylic acids is 2. The number of esters is 1. The normalized spacial score (nSPS) is 40.1. The van der Waals surface area contributed by atoms with Gasteiger partial charge in [0.1, 0.15) is 29.4 Å². The highest BCUT2D eigenvalue weighted by Gasteiger charge is 2.57. The molecule has 14 heteroatoms. The molecule has 0 radical (unpaired) electrons. The van der Waals surface area contributed by atoms with Gasteiger partial charge in [0, 0.05) is 61.5 Å². The van der Waals surface area contributed by atoms with E-state index in [4.69, 9.17) is 54.5 Å². The summed E-state index contributed by atoms with van der Waals surface area (Å²) in [4.78, 5) is 38.0. The number of likely N-dealkylation sites (N-methyl/N-ethyl adjacent to an activating group) is 1. The first kappa shape index (κ1) is 46.2. The zero-order valence-corrected chi connectivity index (χ0v) is 39.4. The number of nitrogens with zero attached hydrogens (tertiary/aromatic N) is 2. The average Bonchev–Trinajstić information content (AvgIpc) is 3.97. The molecule has 0 amide bonds. The minimum Gasteiger partial charge on any atom is -0.462 e. The molecule has 3 saturated heterocycles. The van der Waals surface area contributed by atoms with Crippen molar-refractivity contribution in [3.63, 3.8) is 0 Å². The van der Waals surface area contributed by atoms with Crippen molar-refractivity contribution >= 4 is 34.7 Å². The van der Waals surface area contributed by atoms with E-state index in [9.17, 15) is 4.79 Å². The molecule has 4 heterocycles. The maximum Gasteiger partial charge on any atom is 0.306 e. The molecule has 6 aliphatic rings. The number of hydrogen-bond donors (Lipinski definition) is 0. The zero-order chi connectivity index (χ0) is 44.0. The molecular weight excluding hydrogens is 832 g/mol. The van der Waals surface area contributed by atoms with Gasteiger partial charge < -0.3 is 42.8 Å². The van der Waals surface area contributed by atoms with E-state index in [0.717, 1.165) is 53.2 Å². The molecule has 1 saturated carbocycles. The Labute approximate surface area is 376 Å². The van der Waals surface area contributed by atoms with E-state index in [0.29, 0.717) is 35.9 Å². The maximum atomic E-state index is 15.2. The van der Waals surface area contributed by atoms with Crippen molar-refractivity contribution in [2.75, 3.05) is 35.4 Å². The lowest BCUT2D eigenvalue weighted by molar-refractivity contribution is -0.314. The Morgan fingerprint density at radius 1 is 0.887 bits per heavy atom. The number of rotatable bonds is 10. The van der Waals surface area contributed by atoms with Gasteiger partial charge in [-0.05, 0) is 103 Å². The van der Waals surface area contributed by atoms with Crippen molar-refractivity contribution in [1.29, 1.82) is 0 Å². The minimum absolute atomic E-state index is 0.00324. The second-order valence-electron chi connectivity index (χ2n) is 18.8. The summed E-state index contributed by atoms with van der Waals surface area (Å²) >= 11 is 8.47. The largest absolute Gasteiger partial charge is 0.462 e. The van der Waals surface area contributed by atoms with E-state index in [1.807, 2.05) is 38.1 Å². The van der Waals surface area contributed by atoms with E-state index >= 15 is 4.79 Å². The number of fused-ring (bicyclic) bond motifs is 8. The van der Waals surface area contributed by atoms with Crippen LogP contribution in [0.1, 0.15) is 108 Å². The third-order valence-electron chi connectivity index (χ3n) is 15.0. The van der Waals surface area contributed by atoms with Gasteiger partial charge in [-0.2, -0.15) is 0 Å². The smallest absolute Gasteiger partial charge is 0.306 e. The fraction of sp³-hybridized carbons (Fsp3) is 0.729. The van der Waals surface area contributed by atoms with Gasteiger partial charge in [0.25, 0.3) is 0 Å². The molecule has 4 unspecified atom stereocenters. The number of aromatic nitrogens is 1. The number of carbonyl (C=O) groups is 2. The highest BCUT2D eigenvalue weighted by atomic mass is 35.5. The molecule has 3 aliphatic carbocycles.